The van der Waals surface area contributed by atoms with E-state index in [1.165, 1.54) is 0 Å². The van der Waals surface area contributed by atoms with Gasteiger partial charge in [-0.25, -0.2) is 8.78 Å². The fourth-order valence-electron chi connectivity index (χ4n) is 3.18. The van der Waals surface area contributed by atoms with Crippen LogP contribution in [-0.4, -0.2) is 0 Å². The van der Waals surface area contributed by atoms with Crippen molar-refractivity contribution in [1.29, 1.82) is 0 Å². The maximum absolute atomic E-state index is 13.9. The first-order valence-corrected chi connectivity index (χ1v) is 10.9. The van der Waals surface area contributed by atoms with E-state index in [1.54, 1.807) is 12.1 Å². The molecule has 0 radical (unpaired) electrons. The maximum atomic E-state index is 13.9. The zero-order valence-corrected chi connectivity index (χ0v) is 21.2. The van der Waals surface area contributed by atoms with Gasteiger partial charge in [0, 0.05) is 0 Å². The van der Waals surface area contributed by atoms with Crippen molar-refractivity contribution in [2.24, 2.45) is 0 Å². The van der Waals surface area contributed by atoms with Gasteiger partial charge in [0.15, 0.2) is 0 Å². The minimum absolute atomic E-state index is 0.0112. The Morgan fingerprint density at radius 3 is 0.867 bits per heavy atom. The van der Waals surface area contributed by atoms with Crippen LogP contribution in [0.1, 0.15) is 105 Å². The first-order valence-electron chi connectivity index (χ1n) is 10.9. The van der Waals surface area contributed by atoms with Crippen LogP contribution in [0.4, 0.5) is 8.78 Å². The van der Waals surface area contributed by atoms with Gasteiger partial charge in [-0.05, 0) is 56.0 Å². The van der Waals surface area contributed by atoms with Gasteiger partial charge in [0.2, 0.25) is 0 Å². The van der Waals surface area contributed by atoms with Gasteiger partial charge >= 0.3 is 0 Å². The molecule has 0 fully saturated rings. The lowest BCUT2D eigenvalue weighted by Gasteiger charge is -2.24. The Morgan fingerprint density at radius 1 is 0.433 bits per heavy atom. The van der Waals surface area contributed by atoms with E-state index in [9.17, 15) is 8.78 Å². The Hall–Kier alpha value is -1.70. The Kier molecular flexibility index (Phi) is 7.73. The summed E-state index contributed by atoms with van der Waals surface area (Å²) in [6.45, 7) is 24.8. The highest BCUT2D eigenvalue weighted by Gasteiger charge is 2.22. The molecule has 0 spiro atoms. The summed E-state index contributed by atoms with van der Waals surface area (Å²) >= 11 is 0. The molecule has 0 amide bonds. The Labute approximate surface area is 184 Å². The van der Waals surface area contributed by atoms with Crippen molar-refractivity contribution in [3.8, 4) is 0 Å². The van der Waals surface area contributed by atoms with Crippen molar-refractivity contribution in [3.05, 3.63) is 70.3 Å². The van der Waals surface area contributed by atoms with Gasteiger partial charge in [-0.15, -0.1) is 0 Å². The highest BCUT2D eigenvalue weighted by atomic mass is 19.1. The lowest BCUT2D eigenvalue weighted by Crippen LogP contribution is -2.16. The molecular formula is C28H42F2. The zero-order chi connectivity index (χ0) is 23.7. The summed E-state index contributed by atoms with van der Waals surface area (Å²) in [6, 6.07) is 11.2. The zero-order valence-electron chi connectivity index (χ0n) is 21.2. The first kappa shape index (κ1) is 26.3. The average molecular weight is 417 g/mol. The van der Waals surface area contributed by atoms with E-state index in [-0.39, 0.29) is 33.3 Å². The second-order valence-electron chi connectivity index (χ2n) is 12.4. The van der Waals surface area contributed by atoms with Crippen molar-refractivity contribution >= 4 is 0 Å². The van der Waals surface area contributed by atoms with E-state index in [0.29, 0.717) is 0 Å². The van der Waals surface area contributed by atoms with Gasteiger partial charge in [-0.1, -0.05) is 107 Å². The van der Waals surface area contributed by atoms with E-state index in [0.717, 1.165) is 22.3 Å². The van der Waals surface area contributed by atoms with Crippen LogP contribution < -0.4 is 0 Å². The largest absolute Gasteiger partial charge is 0.207 e. The maximum Gasteiger partial charge on any atom is 0.127 e. The van der Waals surface area contributed by atoms with E-state index in [1.807, 2.05) is 65.8 Å². The van der Waals surface area contributed by atoms with Gasteiger partial charge in [0.1, 0.15) is 11.6 Å². The average Bonchev–Trinajstić information content (AvgIpc) is 2.51. The van der Waals surface area contributed by atoms with Crippen LogP contribution in [0.3, 0.4) is 0 Å². The van der Waals surface area contributed by atoms with Gasteiger partial charge < -0.3 is 0 Å². The molecule has 2 aromatic carbocycles. The van der Waals surface area contributed by atoms with E-state index in [4.69, 9.17) is 0 Å². The highest BCUT2D eigenvalue weighted by Crippen LogP contribution is 2.30. The van der Waals surface area contributed by atoms with Crippen molar-refractivity contribution < 1.29 is 8.78 Å². The fourth-order valence-corrected chi connectivity index (χ4v) is 3.18. The predicted octanol–water partition coefficient (Wildman–Crippen LogP) is 8.84. The quantitative estimate of drug-likeness (QED) is 0.402. The lowest BCUT2D eigenvalue weighted by molar-refractivity contribution is 0.513. The molecule has 0 unspecified atom stereocenters. The summed E-state index contributed by atoms with van der Waals surface area (Å²) in [5, 5.41) is 0. The lowest BCUT2D eigenvalue weighted by atomic mass is 9.82. The Morgan fingerprint density at radius 2 is 0.700 bits per heavy atom. The molecule has 0 aliphatic carbocycles. The fraction of sp³-hybridized carbons (Fsp3) is 0.571. The standard InChI is InChI=1S/2C14H21F/c2*1-13(2,3)10-7-8-11(12(15)9-10)14(4,5)6/h2*7-9H,1-6H3. The van der Waals surface area contributed by atoms with Crippen molar-refractivity contribution in [2.75, 3.05) is 0 Å². The van der Waals surface area contributed by atoms with Gasteiger partial charge in [-0.2, -0.15) is 0 Å². The van der Waals surface area contributed by atoms with E-state index >= 15 is 0 Å². The van der Waals surface area contributed by atoms with Crippen LogP contribution in [0.25, 0.3) is 0 Å². The number of hydrogen-bond donors (Lipinski definition) is 0. The monoisotopic (exact) mass is 416 g/mol. The SMILES string of the molecule is CC(C)(C)c1ccc(C(C)(C)C)c(F)c1.CC(C)(C)c1ccc(C(C)(C)C)c(F)c1. The molecular weight excluding hydrogens is 374 g/mol. The van der Waals surface area contributed by atoms with Crippen LogP contribution >= 0.6 is 0 Å². The van der Waals surface area contributed by atoms with Gasteiger partial charge in [-0.3, -0.25) is 0 Å². The van der Waals surface area contributed by atoms with Crippen LogP contribution in [0, 0.1) is 11.6 Å². The molecule has 30 heavy (non-hydrogen) atoms. The second-order valence-corrected chi connectivity index (χ2v) is 12.4. The third kappa shape index (κ3) is 7.22. The molecule has 0 aliphatic rings. The van der Waals surface area contributed by atoms with E-state index < -0.39 is 0 Å². The third-order valence-corrected chi connectivity index (χ3v) is 5.29. The number of halogens is 2. The number of benzene rings is 2. The summed E-state index contributed by atoms with van der Waals surface area (Å²) in [4.78, 5) is 0. The van der Waals surface area contributed by atoms with Crippen molar-refractivity contribution in [2.45, 2.75) is 105 Å². The number of hydrogen-bond acceptors (Lipinski definition) is 0. The van der Waals surface area contributed by atoms with Crippen molar-refractivity contribution in [1.82, 2.24) is 0 Å². The Bertz CT molecular complexity index is 775. The summed E-state index contributed by atoms with van der Waals surface area (Å²) < 4.78 is 27.8. The summed E-state index contributed by atoms with van der Waals surface area (Å²) in [6.07, 6.45) is 0. The summed E-state index contributed by atoms with van der Waals surface area (Å²) in [7, 11) is 0. The van der Waals surface area contributed by atoms with E-state index in [2.05, 4.69) is 41.5 Å². The van der Waals surface area contributed by atoms with Crippen LogP contribution in [0.2, 0.25) is 0 Å². The molecule has 0 atom stereocenters. The molecule has 0 bridgehead atoms. The third-order valence-electron chi connectivity index (χ3n) is 5.29. The van der Waals surface area contributed by atoms with Crippen LogP contribution in [0.15, 0.2) is 36.4 Å². The molecule has 2 aromatic rings. The molecule has 0 nitrogen and oxygen atoms in total. The molecule has 0 heterocycles. The minimum Gasteiger partial charge on any atom is -0.207 e. The Balaban J connectivity index is 0.000000300. The smallest absolute Gasteiger partial charge is 0.127 e. The topological polar surface area (TPSA) is 0 Å². The normalized spacial score (nSPS) is 13.0. The molecule has 0 N–H and O–H groups in total. The molecule has 168 valence electrons. The highest BCUT2D eigenvalue weighted by molar-refractivity contribution is 5.33. The molecule has 0 saturated carbocycles. The minimum atomic E-state index is -0.125. The van der Waals surface area contributed by atoms with Crippen LogP contribution in [0.5, 0.6) is 0 Å². The molecule has 0 aliphatic heterocycles. The number of rotatable bonds is 0. The molecule has 0 aromatic heterocycles. The molecule has 2 rings (SSSR count). The molecule has 0 saturated heterocycles. The van der Waals surface area contributed by atoms with Crippen molar-refractivity contribution in [3.63, 3.8) is 0 Å². The molecule has 2 heteroatoms. The summed E-state index contributed by atoms with van der Waals surface area (Å²) in [5.41, 5.74) is 3.45. The second kappa shape index (κ2) is 8.81. The predicted molar refractivity (Wildman–Crippen MR) is 128 cm³/mol. The first-order chi connectivity index (χ1) is 13.2. The summed E-state index contributed by atoms with van der Waals surface area (Å²) in [5.74, 6) is -0.176. The van der Waals surface area contributed by atoms with Gasteiger partial charge in [0.25, 0.3) is 0 Å². The van der Waals surface area contributed by atoms with Crippen LogP contribution in [-0.2, 0) is 21.7 Å². The van der Waals surface area contributed by atoms with Gasteiger partial charge in [0.05, 0.1) is 0 Å².